The van der Waals surface area contributed by atoms with E-state index in [1.165, 1.54) is 0 Å². The van der Waals surface area contributed by atoms with Crippen molar-refractivity contribution in [3.63, 3.8) is 0 Å². The van der Waals surface area contributed by atoms with Gasteiger partial charge >= 0.3 is 0 Å². The van der Waals surface area contributed by atoms with Gasteiger partial charge < -0.3 is 20.2 Å². The van der Waals surface area contributed by atoms with Crippen molar-refractivity contribution < 1.29 is 19.5 Å². The van der Waals surface area contributed by atoms with E-state index in [0.717, 1.165) is 48.8 Å². The molecule has 0 saturated heterocycles. The van der Waals surface area contributed by atoms with E-state index < -0.39 is 6.04 Å². The fraction of sp³-hybridized carbons (Fsp3) is 0.415. The van der Waals surface area contributed by atoms with E-state index in [0.29, 0.717) is 60.8 Å². The van der Waals surface area contributed by atoms with E-state index in [1.54, 1.807) is 33.8 Å². The summed E-state index contributed by atoms with van der Waals surface area (Å²) in [5.41, 5.74) is 5.44. The van der Waals surface area contributed by atoms with Crippen LogP contribution in [-0.2, 0) is 17.8 Å². The van der Waals surface area contributed by atoms with Crippen LogP contribution >= 0.6 is 0 Å². The maximum absolute atomic E-state index is 14.7. The number of hydrogen-bond acceptors (Lipinski definition) is 5. The van der Waals surface area contributed by atoms with Gasteiger partial charge in [-0.25, -0.2) is 4.68 Å². The van der Waals surface area contributed by atoms with Gasteiger partial charge in [0.15, 0.2) is 5.69 Å². The smallest absolute Gasteiger partial charge is 0.274 e. The van der Waals surface area contributed by atoms with Gasteiger partial charge in [-0.15, -0.1) is 0 Å². The summed E-state index contributed by atoms with van der Waals surface area (Å²) in [6, 6.07) is 24.3. The van der Waals surface area contributed by atoms with Gasteiger partial charge in [0.05, 0.1) is 29.8 Å². The highest BCUT2D eigenvalue weighted by Gasteiger charge is 2.32. The third-order valence-electron chi connectivity index (χ3n) is 9.60. The molecule has 1 aromatic heterocycles. The van der Waals surface area contributed by atoms with E-state index in [9.17, 15) is 19.5 Å². The number of aromatic nitrogens is 2. The molecule has 0 spiro atoms. The molecule has 1 unspecified atom stereocenters. The predicted octanol–water partition coefficient (Wildman–Crippen LogP) is 7.30. The summed E-state index contributed by atoms with van der Waals surface area (Å²) in [4.78, 5) is 45.7. The van der Waals surface area contributed by atoms with Crippen molar-refractivity contribution in [2.75, 3.05) is 25.0 Å². The van der Waals surface area contributed by atoms with Crippen LogP contribution in [0.3, 0.4) is 0 Å². The second-order valence-electron chi connectivity index (χ2n) is 13.3. The number of aliphatic hydroxyl groups excluding tert-OH is 1. The van der Waals surface area contributed by atoms with Crippen LogP contribution in [0.5, 0.6) is 0 Å². The number of carbonyl (C=O) groups excluding carboxylic acids is 3. The molecule has 1 aliphatic heterocycles. The lowest BCUT2D eigenvalue weighted by molar-refractivity contribution is -0.117. The quantitative estimate of drug-likeness (QED) is 0.137. The summed E-state index contributed by atoms with van der Waals surface area (Å²) in [6.45, 7) is 9.64. The van der Waals surface area contributed by atoms with Crippen molar-refractivity contribution in [1.29, 1.82) is 0 Å². The van der Waals surface area contributed by atoms with E-state index in [2.05, 4.69) is 26.1 Å². The van der Waals surface area contributed by atoms with Gasteiger partial charge in [-0.1, -0.05) is 94.6 Å². The Bertz CT molecular complexity index is 1760. The topological polar surface area (TPSA) is 108 Å². The number of anilines is 1. The molecule has 2 atom stereocenters. The molecule has 3 aromatic carbocycles. The fourth-order valence-electron chi connectivity index (χ4n) is 6.76. The van der Waals surface area contributed by atoms with Crippen molar-refractivity contribution >= 4 is 23.4 Å². The predicted molar refractivity (Wildman–Crippen MR) is 198 cm³/mol. The highest BCUT2D eigenvalue weighted by atomic mass is 16.3. The SMILES string of the molecule is CCCCN(CCCC)C(=O)c1cc(C)n(-c2ccc(NC(=O)C(CCC)c3ccccc3)cc2C(=O)N2Cc3ccccc3C[C@H]2CO)n1. The largest absolute Gasteiger partial charge is 0.394 e. The molecule has 9 nitrogen and oxygen atoms in total. The van der Waals surface area contributed by atoms with Gasteiger partial charge in [0.25, 0.3) is 11.8 Å². The summed E-state index contributed by atoms with van der Waals surface area (Å²) >= 11 is 0. The van der Waals surface area contributed by atoms with Crippen molar-refractivity contribution in [3.05, 3.63) is 113 Å². The zero-order valence-corrected chi connectivity index (χ0v) is 29.9. The van der Waals surface area contributed by atoms with E-state index in [1.807, 2.05) is 66.4 Å². The first-order chi connectivity index (χ1) is 24.3. The molecular formula is C41H51N5O4. The van der Waals surface area contributed by atoms with Crippen molar-refractivity contribution in [2.45, 2.75) is 91.1 Å². The first-order valence-corrected chi connectivity index (χ1v) is 18.1. The number of amides is 3. The van der Waals surface area contributed by atoms with Crippen LogP contribution in [0.25, 0.3) is 5.69 Å². The molecule has 2 heterocycles. The monoisotopic (exact) mass is 677 g/mol. The lowest BCUT2D eigenvalue weighted by atomic mass is 9.93. The normalized spacial score (nSPS) is 14.6. The highest BCUT2D eigenvalue weighted by Crippen LogP contribution is 2.30. The summed E-state index contributed by atoms with van der Waals surface area (Å²) in [5.74, 6) is -0.899. The van der Waals surface area contributed by atoms with E-state index in [-0.39, 0.29) is 30.2 Å². The Morgan fingerprint density at radius 1 is 0.900 bits per heavy atom. The summed E-state index contributed by atoms with van der Waals surface area (Å²) in [6.07, 6.45) is 5.84. The number of nitrogens with zero attached hydrogens (tertiary/aromatic N) is 4. The minimum atomic E-state index is -0.419. The molecule has 264 valence electrons. The van der Waals surface area contributed by atoms with Gasteiger partial charge in [-0.05, 0) is 73.6 Å². The third kappa shape index (κ3) is 8.33. The summed E-state index contributed by atoms with van der Waals surface area (Å²) in [5, 5.41) is 18.3. The maximum atomic E-state index is 14.7. The number of aliphatic hydroxyl groups is 1. The molecule has 0 fully saturated rings. The van der Waals surface area contributed by atoms with Crippen LogP contribution in [0.4, 0.5) is 5.69 Å². The number of nitrogens with one attached hydrogen (secondary N) is 1. The molecule has 9 heteroatoms. The first kappa shape index (κ1) is 36.5. The second-order valence-corrected chi connectivity index (χ2v) is 13.3. The van der Waals surface area contributed by atoms with E-state index in [4.69, 9.17) is 5.10 Å². The van der Waals surface area contributed by atoms with Crippen LogP contribution < -0.4 is 5.32 Å². The molecule has 1 aliphatic rings. The van der Waals surface area contributed by atoms with Crippen LogP contribution in [0.1, 0.15) is 108 Å². The molecule has 3 amide bonds. The van der Waals surface area contributed by atoms with Crippen LogP contribution in [-0.4, -0.2) is 68.1 Å². The Kier molecular flexibility index (Phi) is 12.6. The number of fused-ring (bicyclic) bond motifs is 1. The van der Waals surface area contributed by atoms with Crippen molar-refractivity contribution in [1.82, 2.24) is 19.6 Å². The van der Waals surface area contributed by atoms with Crippen molar-refractivity contribution in [2.24, 2.45) is 0 Å². The van der Waals surface area contributed by atoms with Gasteiger partial charge in [0.2, 0.25) is 5.91 Å². The molecule has 0 saturated carbocycles. The second kappa shape index (κ2) is 17.3. The zero-order valence-electron chi connectivity index (χ0n) is 29.9. The Morgan fingerprint density at radius 3 is 2.24 bits per heavy atom. The summed E-state index contributed by atoms with van der Waals surface area (Å²) in [7, 11) is 0. The minimum Gasteiger partial charge on any atom is -0.394 e. The lowest BCUT2D eigenvalue weighted by Crippen LogP contribution is -2.46. The Balaban J connectivity index is 1.54. The standard InChI is InChI=1S/C41H51N5O4/c1-5-8-22-44(23-9-6-2)41(50)37-24-29(4)46(43-37)38-21-20-33(42-39(48)35(15-7-3)30-16-11-10-12-17-30)26-36(38)40(49)45-27-32-19-14-13-18-31(32)25-34(45)28-47/h10-14,16-21,24,26,34-35,47H,5-9,15,22-23,25,27-28H2,1-4H3,(H,42,48)/t34-,35?/m0/s1. The first-order valence-electron chi connectivity index (χ1n) is 18.1. The molecule has 2 N–H and O–H groups in total. The Labute approximate surface area is 296 Å². The number of hydrogen-bond donors (Lipinski definition) is 2. The van der Waals surface area contributed by atoms with Gasteiger partial charge in [0, 0.05) is 31.0 Å². The molecule has 0 aliphatic carbocycles. The third-order valence-corrected chi connectivity index (χ3v) is 9.60. The minimum absolute atomic E-state index is 0.124. The van der Waals surface area contributed by atoms with Crippen LogP contribution in [0.2, 0.25) is 0 Å². The fourth-order valence-corrected chi connectivity index (χ4v) is 6.76. The van der Waals surface area contributed by atoms with Gasteiger partial charge in [-0.3, -0.25) is 14.4 Å². The summed E-state index contributed by atoms with van der Waals surface area (Å²) < 4.78 is 1.65. The maximum Gasteiger partial charge on any atom is 0.274 e. The lowest BCUT2D eigenvalue weighted by Gasteiger charge is -2.36. The van der Waals surface area contributed by atoms with Crippen molar-refractivity contribution in [3.8, 4) is 5.69 Å². The van der Waals surface area contributed by atoms with E-state index >= 15 is 0 Å². The van der Waals surface area contributed by atoms with Crippen LogP contribution in [0, 0.1) is 6.92 Å². The zero-order chi connectivity index (χ0) is 35.6. The molecule has 50 heavy (non-hydrogen) atoms. The molecule has 5 rings (SSSR count). The molecule has 4 aromatic rings. The molecule has 0 radical (unpaired) electrons. The average Bonchev–Trinajstić information content (AvgIpc) is 3.54. The molecular weight excluding hydrogens is 626 g/mol. The number of benzene rings is 3. The van der Waals surface area contributed by atoms with Crippen LogP contribution in [0.15, 0.2) is 78.9 Å². The number of aryl methyl sites for hydroxylation is 1. The van der Waals surface area contributed by atoms with Gasteiger partial charge in [0.1, 0.15) is 0 Å². The highest BCUT2D eigenvalue weighted by molar-refractivity contribution is 6.02. The number of carbonyl (C=O) groups is 3. The molecule has 0 bridgehead atoms. The van der Waals surface area contributed by atoms with Gasteiger partial charge in [-0.2, -0.15) is 5.10 Å². The number of rotatable bonds is 15. The Hall–Kier alpha value is -4.76. The average molecular weight is 678 g/mol. The Morgan fingerprint density at radius 2 is 1.58 bits per heavy atom. The number of unbranched alkanes of at least 4 members (excludes halogenated alkanes) is 2.